The second-order valence-electron chi connectivity index (χ2n) is 8.66. The van der Waals surface area contributed by atoms with Crippen molar-refractivity contribution < 1.29 is 42.2 Å². The number of aliphatic carboxylic acids is 1. The number of nitrogens with zero attached hydrogens (tertiary/aromatic N) is 3. The SMILES string of the molecule is CC1=CC(=O)C2(N)C=CC3=CC=C/C4=C\N=CC=NCC[N+](=O)/C(C)=C/C(=O)C1=C2OC34.O=C(O)C(F)(F)F. The molecule has 10 nitrogen and oxygen atoms in total. The van der Waals surface area contributed by atoms with Crippen molar-refractivity contribution in [2.24, 2.45) is 15.7 Å². The van der Waals surface area contributed by atoms with Crippen molar-refractivity contribution in [2.75, 3.05) is 13.1 Å². The first-order valence-corrected chi connectivity index (χ1v) is 11.5. The van der Waals surface area contributed by atoms with Gasteiger partial charge < -0.3 is 15.6 Å². The van der Waals surface area contributed by atoms with E-state index >= 15 is 0 Å². The van der Waals surface area contributed by atoms with Crippen LogP contribution in [0.15, 0.2) is 92.5 Å². The van der Waals surface area contributed by atoms with Crippen LogP contribution in [-0.4, -0.2) is 70.7 Å². The summed E-state index contributed by atoms with van der Waals surface area (Å²) in [4.78, 5) is 55.8. The lowest BCUT2D eigenvalue weighted by Gasteiger charge is -2.33. The van der Waals surface area contributed by atoms with E-state index in [0.717, 1.165) is 11.1 Å². The first-order valence-electron chi connectivity index (χ1n) is 11.5. The van der Waals surface area contributed by atoms with E-state index in [1.54, 1.807) is 32.2 Å². The number of rotatable bonds is 0. The van der Waals surface area contributed by atoms with Crippen molar-refractivity contribution in [3.05, 3.63) is 87.4 Å². The average molecular weight is 545 g/mol. The van der Waals surface area contributed by atoms with Gasteiger partial charge in [-0.25, -0.2) is 4.79 Å². The average Bonchev–Trinajstić information content (AvgIpc) is 3.00. The van der Waals surface area contributed by atoms with Crippen LogP contribution in [0.2, 0.25) is 0 Å². The minimum Gasteiger partial charge on any atom is -0.482 e. The maximum atomic E-state index is 13.3. The van der Waals surface area contributed by atoms with Gasteiger partial charge in [0.15, 0.2) is 23.2 Å². The molecule has 4 aliphatic rings. The van der Waals surface area contributed by atoms with Crippen molar-refractivity contribution in [1.29, 1.82) is 0 Å². The molecular formula is C26H24F3N4O6+. The Morgan fingerprint density at radius 2 is 1.87 bits per heavy atom. The van der Waals surface area contributed by atoms with E-state index < -0.39 is 29.6 Å². The normalized spacial score (nSPS) is 27.6. The molecule has 13 heteroatoms. The monoisotopic (exact) mass is 545 g/mol. The Morgan fingerprint density at radius 1 is 1.18 bits per heavy atom. The zero-order valence-corrected chi connectivity index (χ0v) is 20.8. The molecule has 2 aliphatic heterocycles. The first-order chi connectivity index (χ1) is 18.3. The molecule has 0 saturated carbocycles. The molecule has 0 spiro atoms. The van der Waals surface area contributed by atoms with E-state index in [4.69, 9.17) is 20.4 Å². The Balaban J connectivity index is 0.000000532. The molecule has 39 heavy (non-hydrogen) atoms. The molecule has 4 rings (SSSR count). The highest BCUT2D eigenvalue weighted by Crippen LogP contribution is 2.39. The zero-order chi connectivity index (χ0) is 29.0. The van der Waals surface area contributed by atoms with E-state index in [2.05, 4.69) is 9.98 Å². The zero-order valence-electron chi connectivity index (χ0n) is 20.8. The van der Waals surface area contributed by atoms with Gasteiger partial charge in [0.05, 0.1) is 11.6 Å². The summed E-state index contributed by atoms with van der Waals surface area (Å²) in [7, 11) is 0. The molecule has 3 N–H and O–H groups in total. The predicted molar refractivity (Wildman–Crippen MR) is 135 cm³/mol. The maximum Gasteiger partial charge on any atom is 0.490 e. The number of ketones is 2. The van der Waals surface area contributed by atoms with Crippen LogP contribution in [0.3, 0.4) is 0 Å². The van der Waals surface area contributed by atoms with Gasteiger partial charge in [-0.15, -0.1) is 0 Å². The fraction of sp³-hybridized carbons (Fsp3) is 0.269. The lowest BCUT2D eigenvalue weighted by Crippen LogP contribution is -2.50. The molecule has 0 amide bonds. The Labute approximate surface area is 220 Å². The second kappa shape index (κ2) is 11.5. The van der Waals surface area contributed by atoms with Gasteiger partial charge in [-0.05, 0) is 30.2 Å². The van der Waals surface area contributed by atoms with Crippen LogP contribution in [0.1, 0.15) is 13.8 Å². The second-order valence-corrected chi connectivity index (χ2v) is 8.66. The molecule has 2 heterocycles. The van der Waals surface area contributed by atoms with E-state index in [1.165, 1.54) is 24.6 Å². The Bertz CT molecular complexity index is 1390. The number of hydrogen-bond acceptors (Lipinski definition) is 8. The Morgan fingerprint density at radius 3 is 2.54 bits per heavy atom. The molecule has 0 aromatic carbocycles. The van der Waals surface area contributed by atoms with Gasteiger partial charge in [0, 0.05) is 40.8 Å². The highest BCUT2D eigenvalue weighted by Gasteiger charge is 2.46. The maximum absolute atomic E-state index is 13.3. The summed E-state index contributed by atoms with van der Waals surface area (Å²) in [6, 6.07) is 0. The molecular weight excluding hydrogens is 521 g/mol. The van der Waals surface area contributed by atoms with Gasteiger partial charge in [-0.2, -0.15) is 13.2 Å². The van der Waals surface area contributed by atoms with Gasteiger partial charge in [-0.3, -0.25) is 19.6 Å². The summed E-state index contributed by atoms with van der Waals surface area (Å²) in [5.74, 6) is -3.53. The number of nitroso groups, excluding NO2 is 1. The molecule has 2 atom stereocenters. The smallest absolute Gasteiger partial charge is 0.482 e. The fourth-order valence-electron chi connectivity index (χ4n) is 3.83. The number of carbonyl (C=O) groups is 3. The molecule has 0 aromatic heterocycles. The van der Waals surface area contributed by atoms with E-state index in [9.17, 15) is 27.7 Å². The molecule has 0 radical (unpaired) electrons. The Kier molecular flexibility index (Phi) is 8.54. The highest BCUT2D eigenvalue weighted by atomic mass is 19.4. The molecule has 2 aliphatic carbocycles. The number of hydrogen-bond donors (Lipinski definition) is 2. The summed E-state index contributed by atoms with van der Waals surface area (Å²) < 4.78 is 38.8. The fourth-order valence-corrected chi connectivity index (χ4v) is 3.83. The largest absolute Gasteiger partial charge is 0.490 e. The summed E-state index contributed by atoms with van der Waals surface area (Å²) in [6.45, 7) is 3.54. The lowest BCUT2D eigenvalue weighted by molar-refractivity contribution is -0.495. The third-order valence-electron chi connectivity index (χ3n) is 5.85. The van der Waals surface area contributed by atoms with Crippen LogP contribution in [0.25, 0.3) is 0 Å². The molecule has 204 valence electrons. The number of nitrogens with two attached hydrogens (primary N) is 1. The molecule has 0 saturated heterocycles. The van der Waals surface area contributed by atoms with Gasteiger partial charge in [-0.1, -0.05) is 24.3 Å². The first kappa shape index (κ1) is 29.0. The van der Waals surface area contributed by atoms with Crippen LogP contribution < -0.4 is 5.73 Å². The number of ether oxygens (including phenoxy) is 1. The lowest BCUT2D eigenvalue weighted by atomic mass is 9.80. The summed E-state index contributed by atoms with van der Waals surface area (Å²) in [5, 5.41) is 7.12. The van der Waals surface area contributed by atoms with Crippen LogP contribution in [0.5, 0.6) is 0 Å². The molecule has 0 aromatic rings. The van der Waals surface area contributed by atoms with Crippen molar-refractivity contribution in [3.8, 4) is 0 Å². The number of allylic oxidation sites excluding steroid dienone is 6. The summed E-state index contributed by atoms with van der Waals surface area (Å²) in [6.07, 6.45) is 10.4. The third kappa shape index (κ3) is 6.49. The van der Waals surface area contributed by atoms with Crippen LogP contribution in [0.4, 0.5) is 13.2 Å². The summed E-state index contributed by atoms with van der Waals surface area (Å²) >= 11 is 0. The van der Waals surface area contributed by atoms with Crippen molar-refractivity contribution in [1.82, 2.24) is 0 Å². The number of halogens is 3. The van der Waals surface area contributed by atoms with Crippen molar-refractivity contribution in [3.63, 3.8) is 0 Å². The van der Waals surface area contributed by atoms with Gasteiger partial charge in [0.2, 0.25) is 12.2 Å². The van der Waals surface area contributed by atoms with Crippen molar-refractivity contribution >= 4 is 30.0 Å². The number of aliphatic imine (C=N–C) groups is 2. The highest BCUT2D eigenvalue weighted by molar-refractivity contribution is 6.16. The molecule has 2 bridgehead atoms. The third-order valence-corrected chi connectivity index (χ3v) is 5.85. The quantitative estimate of drug-likeness (QED) is 0.444. The van der Waals surface area contributed by atoms with Gasteiger partial charge in [0.25, 0.3) is 0 Å². The van der Waals surface area contributed by atoms with E-state index in [0.29, 0.717) is 10.3 Å². The number of alkyl halides is 3. The minimum atomic E-state index is -5.08. The van der Waals surface area contributed by atoms with Gasteiger partial charge in [0.1, 0.15) is 12.3 Å². The minimum absolute atomic E-state index is 0.0671. The van der Waals surface area contributed by atoms with Crippen LogP contribution >= 0.6 is 0 Å². The van der Waals surface area contributed by atoms with E-state index in [1.807, 2.05) is 18.2 Å². The number of carbonyl (C=O) groups excluding carboxylic acids is 2. The topological polar surface area (TPSA) is 151 Å². The molecule has 2 unspecified atom stereocenters. The van der Waals surface area contributed by atoms with Crippen molar-refractivity contribution in [2.45, 2.75) is 31.7 Å². The van der Waals surface area contributed by atoms with Crippen LogP contribution in [-0.2, 0) is 19.1 Å². The van der Waals surface area contributed by atoms with Gasteiger partial charge >= 0.3 is 12.1 Å². The van der Waals surface area contributed by atoms with Crippen LogP contribution in [0, 0.1) is 4.91 Å². The number of carboxylic acids is 1. The Hall–Kier alpha value is -4.52. The number of carboxylic acid groups (broad SMARTS) is 1. The standard InChI is InChI=1S/C24H23N4O4.C2HF3O2/c1-15-12-20(30)24(25)7-6-17-4-3-5-18-14-27-9-8-26-10-11-28(31)16(2)13-19(29)21(15)23(24)32-22(17)18;3-2(4,5)1(6)7/h3-9,12-14,22H,10-11,25H2,1-2H3;(H,6,7)/q+1;/b16-13+,18-14+,26-8?,27-9?;. The van der Waals surface area contributed by atoms with E-state index in [-0.39, 0.29) is 35.9 Å². The predicted octanol–water partition coefficient (Wildman–Crippen LogP) is 2.84. The molecule has 0 fully saturated rings. The summed E-state index contributed by atoms with van der Waals surface area (Å²) in [5.41, 5.74) is 7.21.